The van der Waals surface area contributed by atoms with Crippen LogP contribution in [0.15, 0.2) is 121 Å². The first-order valence-corrected chi connectivity index (χ1v) is 34.9. The van der Waals surface area contributed by atoms with Crippen LogP contribution in [0.3, 0.4) is 0 Å². The van der Waals surface area contributed by atoms with Crippen molar-refractivity contribution < 1.29 is 28.4 Å². The van der Waals surface area contributed by atoms with Gasteiger partial charge in [-0.3, -0.25) is 43.7 Å². The predicted molar refractivity (Wildman–Crippen MR) is 386 cm³/mol. The van der Waals surface area contributed by atoms with Crippen molar-refractivity contribution in [1.29, 1.82) is 0 Å². The molecule has 7 rings (SSSR count). The fourth-order valence-corrected chi connectivity index (χ4v) is 10.6. The third-order valence-electron chi connectivity index (χ3n) is 16.0. The molecule has 0 fully saturated rings. The number of ether oxygens (including phenoxy) is 6. The fourth-order valence-electron chi connectivity index (χ4n) is 10.6. The molecule has 0 radical (unpaired) electrons. The summed E-state index contributed by atoms with van der Waals surface area (Å²) in [7, 11) is 0. The number of hydrogen-bond acceptors (Lipinski definition) is 15. The minimum atomic E-state index is -0.645. The van der Waals surface area contributed by atoms with E-state index in [1.807, 2.05) is 0 Å². The minimum absolute atomic E-state index is 0.0429. The molecule has 96 heavy (non-hydrogen) atoms. The molecule has 0 atom stereocenters. The Balaban J connectivity index is 1.62. The predicted octanol–water partition coefficient (Wildman–Crippen LogP) is 15.7. The number of rotatable bonds is 36. The third-order valence-corrected chi connectivity index (χ3v) is 16.0. The normalized spacial score (nSPS) is 11.1. The van der Waals surface area contributed by atoms with Gasteiger partial charge in [0.25, 0.3) is 33.4 Å². The van der Waals surface area contributed by atoms with E-state index in [-0.39, 0.29) is 120 Å². The Morgan fingerprint density at radius 2 is 0.479 bits per heavy atom. The molecule has 7 aromatic rings. The molecule has 0 aliphatic carbocycles. The van der Waals surface area contributed by atoms with Gasteiger partial charge in [-0.05, 0) is 74.9 Å². The first kappa shape index (κ1) is 74.1. The molecule has 12 bridgehead atoms. The summed E-state index contributed by atoms with van der Waals surface area (Å²) in [6, 6.07) is 13.6. The van der Waals surface area contributed by atoms with Crippen LogP contribution in [-0.2, 0) is 0 Å². The second kappa shape index (κ2) is 40.9. The quantitative estimate of drug-likeness (QED) is 0.0199. The second-order valence-corrected chi connectivity index (χ2v) is 24.1. The lowest BCUT2D eigenvalue weighted by Gasteiger charge is -2.12. The molecule has 21 heteroatoms. The van der Waals surface area contributed by atoms with Crippen molar-refractivity contribution in [3.63, 3.8) is 0 Å². The van der Waals surface area contributed by atoms with Crippen LogP contribution in [0.1, 0.15) is 196 Å². The summed E-state index contributed by atoms with van der Waals surface area (Å²) in [5.74, 6) is 1.35. The summed E-state index contributed by atoms with van der Waals surface area (Å²) in [5.41, 5.74) is -2.96. The Bertz CT molecular complexity index is 3940. The molecule has 0 aliphatic rings. The average molecular weight is 1320 g/mol. The van der Waals surface area contributed by atoms with Crippen LogP contribution in [0.25, 0.3) is 65.4 Å². The number of nitrogens with one attached hydrogen (secondary N) is 6. The number of fused-ring (bicyclic) bond motifs is 12. The first-order valence-electron chi connectivity index (χ1n) is 34.9. The van der Waals surface area contributed by atoms with E-state index in [4.69, 9.17) is 28.4 Å². The zero-order chi connectivity index (χ0) is 68.3. The monoisotopic (exact) mass is 1320 g/mol. The molecule has 0 spiro atoms. The highest BCUT2D eigenvalue weighted by atomic mass is 16.5. The molecule has 3 aromatic carbocycles. The lowest BCUT2D eigenvalue weighted by atomic mass is 10.2. The van der Waals surface area contributed by atoms with E-state index in [0.29, 0.717) is 39.1 Å². The van der Waals surface area contributed by atoms with E-state index < -0.39 is 33.4 Å². The van der Waals surface area contributed by atoms with Gasteiger partial charge in [-0.2, -0.15) is 0 Å². The van der Waals surface area contributed by atoms with Gasteiger partial charge >= 0.3 is 0 Å². The van der Waals surface area contributed by atoms with Crippen molar-refractivity contribution in [2.45, 2.75) is 196 Å². The second-order valence-electron chi connectivity index (χ2n) is 24.1. The van der Waals surface area contributed by atoms with Crippen LogP contribution in [-0.4, -0.2) is 84.5 Å². The molecule has 4 aromatic heterocycles. The van der Waals surface area contributed by atoms with E-state index in [0.717, 1.165) is 135 Å². The van der Waals surface area contributed by atoms with Crippen molar-refractivity contribution in [3.05, 3.63) is 154 Å². The average Bonchev–Trinajstić information content (AvgIpc) is 0.959. The van der Waals surface area contributed by atoms with E-state index in [9.17, 15) is 28.8 Å². The van der Waals surface area contributed by atoms with Crippen LogP contribution in [0, 0.1) is 0 Å². The van der Waals surface area contributed by atoms with Crippen LogP contribution in [0.4, 0.5) is 0 Å². The molecule has 4 heterocycles. The number of unbranched alkanes of at least 4 members (excludes halogenated alkanes) is 18. The smallest absolute Gasteiger partial charge is 0.259 e. The van der Waals surface area contributed by atoms with Gasteiger partial charge in [-0.1, -0.05) is 157 Å². The molecule has 0 saturated carbocycles. The maximum Gasteiger partial charge on any atom is 0.259 e. The largest absolute Gasteiger partial charge is 0.493 e. The summed E-state index contributed by atoms with van der Waals surface area (Å²) in [6.07, 6.45) is 30.0. The fraction of sp³-hybridized carbons (Fsp3) is 0.480. The van der Waals surface area contributed by atoms with Gasteiger partial charge in [-0.15, -0.1) is 0 Å². The standard InChI is InChI=1S/C75H99N9O12/c1-7-13-19-25-31-91-64-43-67(94-34-28-22-16-10-4)61-40-58(64)73(88)79-55-37-52(46-76-49-55)71(86)83-62-41-59(65(92-32-26-20-14-8-2)44-68(62)95-35-29-23-17-11-5)75(90)81-57-39-54(48-78-51-57)72(87)84-63-42-60(74(89)80-56-38-53(47-77-50-56)70(85)82-61)66(93-33-27-21-15-9-3)45-69(63)96-36-30-24-18-12-6/h37-51H,7-36H2,1-6H3,(H,79,88)(H,80,89)(H,81,90)(H,82,85)(H,83,86)(H,84,87). The molecule has 0 unspecified atom stereocenters. The van der Waals surface area contributed by atoms with Gasteiger partial charge in [0, 0.05) is 36.8 Å². The first-order chi connectivity index (χ1) is 46.9. The topological polar surface area (TPSA) is 291 Å². The van der Waals surface area contributed by atoms with Crippen LogP contribution in [0.5, 0.6) is 34.5 Å². The Labute approximate surface area is 559 Å². The van der Waals surface area contributed by atoms with Crippen molar-refractivity contribution >= 4 is 65.4 Å². The molecular weight excluding hydrogens is 1220 g/mol. The van der Waals surface area contributed by atoms with Crippen molar-refractivity contribution in [3.8, 4) is 34.5 Å². The number of pyridine rings is 3. The third kappa shape index (κ3) is 23.6. The molecule has 516 valence electrons. The van der Waals surface area contributed by atoms with Crippen LogP contribution >= 0.6 is 0 Å². The van der Waals surface area contributed by atoms with E-state index in [1.165, 1.54) is 73.6 Å². The molecule has 0 saturated heterocycles. The summed E-state index contributed by atoms with van der Waals surface area (Å²) < 4.78 is 38.4. The highest BCUT2D eigenvalue weighted by Gasteiger charge is 2.15. The number of aromatic amines is 6. The lowest BCUT2D eigenvalue weighted by molar-refractivity contribution is 0.293. The Morgan fingerprint density at radius 1 is 0.250 bits per heavy atom. The van der Waals surface area contributed by atoms with Gasteiger partial charge in [0.1, 0.15) is 34.5 Å². The van der Waals surface area contributed by atoms with E-state index in [2.05, 4.69) is 86.4 Å². The number of benzene rings is 3. The van der Waals surface area contributed by atoms with Gasteiger partial charge in [-0.25, -0.2) is 0 Å². The Kier molecular flexibility index (Phi) is 31.6. The maximum atomic E-state index is 14.8. The molecule has 0 aliphatic heterocycles. The van der Waals surface area contributed by atoms with Gasteiger partial charge < -0.3 is 58.3 Å². The summed E-state index contributed by atoms with van der Waals surface area (Å²) in [4.78, 5) is 119. The van der Waals surface area contributed by atoms with Crippen molar-refractivity contribution in [2.24, 2.45) is 0 Å². The lowest BCUT2D eigenvalue weighted by Crippen LogP contribution is -2.10. The number of nitrogens with zero attached hydrogens (tertiary/aromatic N) is 3. The van der Waals surface area contributed by atoms with Crippen LogP contribution in [0.2, 0.25) is 0 Å². The van der Waals surface area contributed by atoms with Gasteiger partial charge in [0.15, 0.2) is 0 Å². The molecular formula is C75H99N9O12. The Hall–Kier alpha value is -9.27. The van der Waals surface area contributed by atoms with Gasteiger partial charge in [0.2, 0.25) is 0 Å². The highest BCUT2D eigenvalue weighted by molar-refractivity contribution is 5.80. The SMILES string of the molecule is CCCCCCOc1cc(OCCCCCC)c2cc1[nH]c(=O)c1cncc(c1)[nH]c(=O)c1cc([nH]c(=O)c3cncc(c3)[nH]c(=O)c3cc([nH]c(=O)c4cncc(c4)[nH]c2=O)c(OCCCCCC)cc3OCCCCCC)c(OCCCCCC)cc1OCCCCCC. The minimum Gasteiger partial charge on any atom is -0.493 e. The number of hydrogen-bond donors (Lipinski definition) is 6. The Morgan fingerprint density at radius 3 is 0.708 bits per heavy atom. The van der Waals surface area contributed by atoms with E-state index >= 15 is 0 Å². The maximum absolute atomic E-state index is 14.8. The zero-order valence-corrected chi connectivity index (χ0v) is 57.1. The number of H-pyrrole nitrogens is 6. The molecule has 6 N–H and O–H groups in total. The van der Waals surface area contributed by atoms with Crippen molar-refractivity contribution in [1.82, 2.24) is 44.9 Å². The zero-order valence-electron chi connectivity index (χ0n) is 57.1. The van der Waals surface area contributed by atoms with E-state index in [1.54, 1.807) is 18.2 Å². The van der Waals surface area contributed by atoms with Gasteiger partial charge in [0.05, 0.1) is 124 Å². The summed E-state index contributed by atoms with van der Waals surface area (Å²) in [6.45, 7) is 14.5. The number of aromatic nitrogens is 9. The summed E-state index contributed by atoms with van der Waals surface area (Å²) in [5, 5.41) is 0.276. The highest BCUT2D eigenvalue weighted by Crippen LogP contribution is 2.32. The molecule has 21 nitrogen and oxygen atoms in total. The molecule has 0 amide bonds. The van der Waals surface area contributed by atoms with Crippen molar-refractivity contribution in [2.75, 3.05) is 39.6 Å². The summed E-state index contributed by atoms with van der Waals surface area (Å²) >= 11 is 0. The van der Waals surface area contributed by atoms with Crippen LogP contribution < -0.4 is 61.8 Å².